The summed E-state index contributed by atoms with van der Waals surface area (Å²) in [6, 6.07) is 9.26. The van der Waals surface area contributed by atoms with Gasteiger partial charge in [-0.3, -0.25) is 9.69 Å². The van der Waals surface area contributed by atoms with E-state index in [4.69, 9.17) is 4.42 Å². The van der Waals surface area contributed by atoms with E-state index in [2.05, 4.69) is 10.2 Å². The molecule has 1 unspecified atom stereocenters. The van der Waals surface area contributed by atoms with Crippen molar-refractivity contribution in [2.75, 3.05) is 32.7 Å². The zero-order chi connectivity index (χ0) is 23.6. The fourth-order valence-corrected chi connectivity index (χ4v) is 6.37. The molecule has 0 aliphatic carbocycles. The molecule has 0 saturated carbocycles. The number of hydrogen-bond acceptors (Lipinski definition) is 5. The molecule has 0 spiro atoms. The normalized spacial score (nSPS) is 19.6. The average Bonchev–Trinajstić information content (AvgIpc) is 3.48. The Kier molecular flexibility index (Phi) is 7.26. The van der Waals surface area contributed by atoms with Gasteiger partial charge in [-0.15, -0.1) is 0 Å². The van der Waals surface area contributed by atoms with Gasteiger partial charge in [-0.1, -0.05) is 6.07 Å². The number of nitrogens with zero attached hydrogens (tertiary/aromatic N) is 2. The quantitative estimate of drug-likeness (QED) is 0.665. The van der Waals surface area contributed by atoms with Crippen molar-refractivity contribution in [2.45, 2.75) is 57.4 Å². The first-order valence-corrected chi connectivity index (χ1v) is 13.3. The third kappa shape index (κ3) is 5.34. The standard InChI is InChI=1S/C25H35N3O4S/c1-18-6-8-22(16-19(18)2)33(30,31)28-14-10-21(11-15-28)25(29)26-17-23(27-12-4-5-13-27)24-9-7-20(3)32-24/h6-9,16,21,23H,4-5,10-15,17H2,1-3H3,(H,26,29). The van der Waals surface area contributed by atoms with E-state index in [1.165, 1.54) is 4.31 Å². The average molecular weight is 474 g/mol. The number of amides is 1. The highest BCUT2D eigenvalue weighted by molar-refractivity contribution is 7.89. The minimum absolute atomic E-state index is 0.00528. The summed E-state index contributed by atoms with van der Waals surface area (Å²) in [4.78, 5) is 15.6. The largest absolute Gasteiger partial charge is 0.465 e. The molecule has 7 nitrogen and oxygen atoms in total. The Hall–Kier alpha value is -2.16. The highest BCUT2D eigenvalue weighted by Gasteiger charge is 2.33. The molecule has 2 aliphatic rings. The monoisotopic (exact) mass is 473 g/mol. The van der Waals surface area contributed by atoms with Crippen molar-refractivity contribution in [1.82, 2.24) is 14.5 Å². The molecular weight excluding hydrogens is 438 g/mol. The predicted octanol–water partition coefficient (Wildman–Crippen LogP) is 3.56. The van der Waals surface area contributed by atoms with Crippen LogP contribution in [-0.4, -0.2) is 56.3 Å². The molecule has 1 atom stereocenters. The second-order valence-corrected chi connectivity index (χ2v) is 11.3. The van der Waals surface area contributed by atoms with E-state index in [1.54, 1.807) is 12.1 Å². The maximum absolute atomic E-state index is 13.1. The van der Waals surface area contributed by atoms with Gasteiger partial charge in [-0.2, -0.15) is 4.31 Å². The van der Waals surface area contributed by atoms with E-state index in [9.17, 15) is 13.2 Å². The van der Waals surface area contributed by atoms with Crippen molar-refractivity contribution in [3.05, 3.63) is 53.0 Å². The van der Waals surface area contributed by atoms with E-state index in [1.807, 2.05) is 39.0 Å². The number of aryl methyl sites for hydroxylation is 3. The molecule has 2 aliphatic heterocycles. The fraction of sp³-hybridized carbons (Fsp3) is 0.560. The van der Waals surface area contributed by atoms with Crippen molar-refractivity contribution in [3.63, 3.8) is 0 Å². The lowest BCUT2D eigenvalue weighted by Gasteiger charge is -2.31. The van der Waals surface area contributed by atoms with Gasteiger partial charge in [0, 0.05) is 25.6 Å². The van der Waals surface area contributed by atoms with Gasteiger partial charge in [-0.25, -0.2) is 8.42 Å². The Balaban J connectivity index is 1.34. The summed E-state index contributed by atoms with van der Waals surface area (Å²) >= 11 is 0. The van der Waals surface area contributed by atoms with Crippen LogP contribution in [0.1, 0.15) is 54.4 Å². The topological polar surface area (TPSA) is 82.9 Å². The van der Waals surface area contributed by atoms with Crippen LogP contribution in [0, 0.1) is 26.7 Å². The molecule has 0 bridgehead atoms. The summed E-state index contributed by atoms with van der Waals surface area (Å²) < 4.78 is 33.5. The van der Waals surface area contributed by atoms with Gasteiger partial charge in [0.2, 0.25) is 15.9 Å². The minimum Gasteiger partial charge on any atom is -0.465 e. The number of hydrogen-bond donors (Lipinski definition) is 1. The molecule has 1 N–H and O–H groups in total. The maximum atomic E-state index is 13.1. The fourth-order valence-electron chi connectivity index (χ4n) is 4.82. The Morgan fingerprint density at radius 2 is 1.73 bits per heavy atom. The number of rotatable bonds is 7. The first kappa shape index (κ1) is 24.0. The van der Waals surface area contributed by atoms with E-state index in [0.717, 1.165) is 48.6 Å². The van der Waals surface area contributed by atoms with Crippen LogP contribution in [0.4, 0.5) is 0 Å². The SMILES string of the molecule is Cc1ccc(C(CNC(=O)C2CCN(S(=O)(=O)c3ccc(C)c(C)c3)CC2)N2CCCC2)o1. The number of nitrogens with one attached hydrogen (secondary N) is 1. The Morgan fingerprint density at radius 1 is 1.03 bits per heavy atom. The van der Waals surface area contributed by atoms with Crippen LogP contribution in [0.15, 0.2) is 39.6 Å². The molecule has 2 aromatic rings. The maximum Gasteiger partial charge on any atom is 0.243 e. The number of benzene rings is 1. The van der Waals surface area contributed by atoms with Crippen molar-refractivity contribution in [2.24, 2.45) is 5.92 Å². The number of likely N-dealkylation sites (tertiary alicyclic amines) is 1. The molecule has 1 aromatic carbocycles. The Labute approximate surface area is 197 Å². The van der Waals surface area contributed by atoms with Crippen LogP contribution in [0.3, 0.4) is 0 Å². The summed E-state index contributed by atoms with van der Waals surface area (Å²) in [5.41, 5.74) is 2.03. The molecular formula is C25H35N3O4S. The van der Waals surface area contributed by atoms with Gasteiger partial charge < -0.3 is 9.73 Å². The molecule has 180 valence electrons. The van der Waals surface area contributed by atoms with E-state index >= 15 is 0 Å². The van der Waals surface area contributed by atoms with Crippen molar-refractivity contribution < 1.29 is 17.6 Å². The van der Waals surface area contributed by atoms with Crippen LogP contribution >= 0.6 is 0 Å². The van der Waals surface area contributed by atoms with Crippen LogP contribution in [-0.2, 0) is 14.8 Å². The number of piperidine rings is 1. The zero-order valence-corrected chi connectivity index (χ0v) is 20.7. The summed E-state index contributed by atoms with van der Waals surface area (Å²) in [5, 5.41) is 3.13. The summed E-state index contributed by atoms with van der Waals surface area (Å²) in [6.45, 7) is 9.07. The molecule has 33 heavy (non-hydrogen) atoms. The smallest absolute Gasteiger partial charge is 0.243 e. The first-order valence-electron chi connectivity index (χ1n) is 11.9. The molecule has 4 rings (SSSR count). The zero-order valence-electron chi connectivity index (χ0n) is 19.8. The summed E-state index contributed by atoms with van der Waals surface area (Å²) in [6.07, 6.45) is 3.39. The minimum atomic E-state index is -3.54. The first-order chi connectivity index (χ1) is 15.8. The van der Waals surface area contributed by atoms with Crippen LogP contribution in [0.2, 0.25) is 0 Å². The molecule has 0 radical (unpaired) electrons. The van der Waals surface area contributed by atoms with Crippen molar-refractivity contribution >= 4 is 15.9 Å². The number of carbonyl (C=O) groups excluding carboxylic acids is 1. The lowest BCUT2D eigenvalue weighted by molar-refractivity contribution is -0.126. The highest BCUT2D eigenvalue weighted by Crippen LogP contribution is 2.28. The lowest BCUT2D eigenvalue weighted by atomic mass is 9.97. The van der Waals surface area contributed by atoms with Crippen molar-refractivity contribution in [3.8, 4) is 0 Å². The second kappa shape index (κ2) is 9.99. The molecule has 2 saturated heterocycles. The van der Waals surface area contributed by atoms with E-state index < -0.39 is 10.0 Å². The van der Waals surface area contributed by atoms with E-state index in [-0.39, 0.29) is 17.9 Å². The molecule has 8 heteroatoms. The van der Waals surface area contributed by atoms with Crippen LogP contribution in [0.25, 0.3) is 0 Å². The third-order valence-electron chi connectivity index (χ3n) is 7.08. The van der Waals surface area contributed by atoms with Gasteiger partial charge >= 0.3 is 0 Å². The summed E-state index contributed by atoms with van der Waals surface area (Å²) in [5.74, 6) is 1.60. The Bertz CT molecular complexity index is 1080. The van der Waals surface area contributed by atoms with Gasteiger partial charge in [-0.05, 0) is 94.9 Å². The third-order valence-corrected chi connectivity index (χ3v) is 8.98. The number of carbonyl (C=O) groups is 1. The molecule has 1 aromatic heterocycles. The van der Waals surface area contributed by atoms with Gasteiger partial charge in [0.1, 0.15) is 11.5 Å². The Morgan fingerprint density at radius 3 is 2.33 bits per heavy atom. The number of sulfonamides is 1. The molecule has 1 amide bonds. The summed E-state index contributed by atoms with van der Waals surface area (Å²) in [7, 11) is -3.54. The van der Waals surface area contributed by atoms with Crippen LogP contribution in [0.5, 0.6) is 0 Å². The van der Waals surface area contributed by atoms with Gasteiger partial charge in [0.05, 0.1) is 10.9 Å². The van der Waals surface area contributed by atoms with Crippen molar-refractivity contribution in [1.29, 1.82) is 0 Å². The highest BCUT2D eigenvalue weighted by atomic mass is 32.2. The predicted molar refractivity (Wildman–Crippen MR) is 127 cm³/mol. The van der Waals surface area contributed by atoms with E-state index in [0.29, 0.717) is 37.4 Å². The second-order valence-electron chi connectivity index (χ2n) is 9.38. The number of furan rings is 1. The van der Waals surface area contributed by atoms with Gasteiger partial charge in [0.15, 0.2) is 0 Å². The lowest BCUT2D eigenvalue weighted by Crippen LogP contribution is -2.44. The molecule has 3 heterocycles. The van der Waals surface area contributed by atoms with Gasteiger partial charge in [0.25, 0.3) is 0 Å². The molecule has 2 fully saturated rings. The van der Waals surface area contributed by atoms with Crippen LogP contribution < -0.4 is 5.32 Å².